The molecule has 19 heavy (non-hydrogen) atoms. The molecule has 1 aliphatic rings. The lowest BCUT2D eigenvalue weighted by molar-refractivity contribution is 0.0550. The van der Waals surface area contributed by atoms with Crippen molar-refractivity contribution in [3.63, 3.8) is 0 Å². The first-order chi connectivity index (χ1) is 9.11. The summed E-state index contributed by atoms with van der Waals surface area (Å²) < 4.78 is 0.944. The van der Waals surface area contributed by atoms with E-state index < -0.39 is 0 Å². The molecule has 1 saturated heterocycles. The Balaban J connectivity index is 2.07. The average Bonchev–Trinajstić information content (AvgIpc) is 2.41. The van der Waals surface area contributed by atoms with Crippen molar-refractivity contribution in [1.82, 2.24) is 15.1 Å². The molecule has 1 fully saturated rings. The Labute approximate surface area is 122 Å². The largest absolute Gasteiger partial charge is 0.336 e. The van der Waals surface area contributed by atoms with E-state index >= 15 is 0 Å². The lowest BCUT2D eigenvalue weighted by atomic mass is 10.1. The van der Waals surface area contributed by atoms with Crippen molar-refractivity contribution in [3.05, 3.63) is 34.3 Å². The molecule has 1 atom stereocenters. The molecule has 0 bridgehead atoms. The first kappa shape index (κ1) is 14.5. The summed E-state index contributed by atoms with van der Waals surface area (Å²) >= 11 is 3.41. The molecule has 0 saturated carbocycles. The number of amides is 1. The second-order valence-corrected chi connectivity index (χ2v) is 5.87. The van der Waals surface area contributed by atoms with Gasteiger partial charge in [-0.1, -0.05) is 22.0 Å². The van der Waals surface area contributed by atoms with E-state index in [1.165, 1.54) is 0 Å². The molecule has 104 valence electrons. The predicted molar refractivity (Wildman–Crippen MR) is 80.4 cm³/mol. The minimum Gasteiger partial charge on any atom is -0.336 e. The summed E-state index contributed by atoms with van der Waals surface area (Å²) in [6, 6.07) is 7.98. The SMILES string of the molecule is CNCC1CN(C(=O)c2cccc(Br)c2)CCN1C. The Morgan fingerprint density at radius 3 is 2.95 bits per heavy atom. The summed E-state index contributed by atoms with van der Waals surface area (Å²) in [4.78, 5) is 16.7. The van der Waals surface area contributed by atoms with Crippen LogP contribution in [-0.4, -0.2) is 62.0 Å². The Kier molecular flexibility index (Phi) is 4.96. The Bertz CT molecular complexity index is 452. The van der Waals surface area contributed by atoms with Gasteiger partial charge >= 0.3 is 0 Å². The molecule has 1 unspecified atom stereocenters. The van der Waals surface area contributed by atoms with E-state index in [0.717, 1.165) is 36.2 Å². The van der Waals surface area contributed by atoms with Crippen molar-refractivity contribution in [2.45, 2.75) is 6.04 Å². The van der Waals surface area contributed by atoms with Crippen LogP contribution in [0.3, 0.4) is 0 Å². The van der Waals surface area contributed by atoms with Gasteiger partial charge in [-0.15, -0.1) is 0 Å². The van der Waals surface area contributed by atoms with Crippen LogP contribution in [0.1, 0.15) is 10.4 Å². The van der Waals surface area contributed by atoms with Crippen molar-refractivity contribution >= 4 is 21.8 Å². The van der Waals surface area contributed by atoms with E-state index in [1.807, 2.05) is 36.2 Å². The van der Waals surface area contributed by atoms with Gasteiger partial charge in [0, 0.05) is 42.3 Å². The van der Waals surface area contributed by atoms with Crippen LogP contribution in [-0.2, 0) is 0 Å². The number of carbonyl (C=O) groups is 1. The number of nitrogens with zero attached hydrogens (tertiary/aromatic N) is 2. The second-order valence-electron chi connectivity index (χ2n) is 4.95. The van der Waals surface area contributed by atoms with Crippen molar-refractivity contribution < 1.29 is 4.79 Å². The van der Waals surface area contributed by atoms with Crippen LogP contribution >= 0.6 is 15.9 Å². The lowest BCUT2D eigenvalue weighted by Crippen LogP contribution is -2.56. The minimum absolute atomic E-state index is 0.121. The molecule has 1 heterocycles. The van der Waals surface area contributed by atoms with Crippen LogP contribution < -0.4 is 5.32 Å². The van der Waals surface area contributed by atoms with Crippen molar-refractivity contribution in [1.29, 1.82) is 0 Å². The summed E-state index contributed by atoms with van der Waals surface area (Å²) in [5.41, 5.74) is 0.752. The smallest absolute Gasteiger partial charge is 0.253 e. The highest BCUT2D eigenvalue weighted by molar-refractivity contribution is 9.10. The van der Waals surface area contributed by atoms with Gasteiger partial charge in [-0.3, -0.25) is 9.69 Å². The standard InChI is InChI=1S/C14H20BrN3O/c1-16-9-13-10-18(7-6-17(13)2)14(19)11-4-3-5-12(15)8-11/h3-5,8,13,16H,6-7,9-10H2,1-2H3. The van der Waals surface area contributed by atoms with Gasteiger partial charge < -0.3 is 10.2 Å². The van der Waals surface area contributed by atoms with Gasteiger partial charge in [0.25, 0.3) is 5.91 Å². The van der Waals surface area contributed by atoms with E-state index in [2.05, 4.69) is 33.2 Å². The normalized spacial score (nSPS) is 20.6. The summed E-state index contributed by atoms with van der Waals surface area (Å²) in [5, 5.41) is 3.19. The molecule has 0 spiro atoms. The molecule has 2 rings (SSSR count). The zero-order valence-corrected chi connectivity index (χ0v) is 13.0. The molecule has 0 aromatic heterocycles. The molecular formula is C14H20BrN3O. The molecule has 5 heteroatoms. The predicted octanol–water partition coefficient (Wildman–Crippen LogP) is 1.42. The Morgan fingerprint density at radius 2 is 2.26 bits per heavy atom. The first-order valence-corrected chi connectivity index (χ1v) is 7.31. The zero-order chi connectivity index (χ0) is 13.8. The Morgan fingerprint density at radius 1 is 1.47 bits per heavy atom. The number of benzene rings is 1. The number of halogens is 1. The second kappa shape index (κ2) is 6.50. The maximum absolute atomic E-state index is 12.5. The lowest BCUT2D eigenvalue weighted by Gasteiger charge is -2.39. The fourth-order valence-corrected chi connectivity index (χ4v) is 2.79. The third kappa shape index (κ3) is 3.55. The highest BCUT2D eigenvalue weighted by Gasteiger charge is 2.27. The van der Waals surface area contributed by atoms with E-state index in [1.54, 1.807) is 0 Å². The number of likely N-dealkylation sites (N-methyl/N-ethyl adjacent to an activating group) is 2. The molecule has 4 nitrogen and oxygen atoms in total. The minimum atomic E-state index is 0.121. The highest BCUT2D eigenvalue weighted by Crippen LogP contribution is 2.16. The van der Waals surface area contributed by atoms with Crippen molar-refractivity contribution in [2.75, 3.05) is 40.3 Å². The number of rotatable bonds is 3. The van der Waals surface area contributed by atoms with E-state index in [0.29, 0.717) is 6.04 Å². The number of hydrogen-bond donors (Lipinski definition) is 1. The fourth-order valence-electron chi connectivity index (χ4n) is 2.39. The van der Waals surface area contributed by atoms with Gasteiger partial charge in [0.15, 0.2) is 0 Å². The van der Waals surface area contributed by atoms with Crippen LogP contribution in [0.15, 0.2) is 28.7 Å². The van der Waals surface area contributed by atoms with Crippen LogP contribution in [0.25, 0.3) is 0 Å². The first-order valence-electron chi connectivity index (χ1n) is 6.51. The van der Waals surface area contributed by atoms with E-state index in [4.69, 9.17) is 0 Å². The molecule has 0 aliphatic carbocycles. The van der Waals surface area contributed by atoms with Crippen molar-refractivity contribution in [3.8, 4) is 0 Å². The molecule has 1 aromatic carbocycles. The molecule has 1 amide bonds. The van der Waals surface area contributed by atoms with Crippen molar-refractivity contribution in [2.24, 2.45) is 0 Å². The third-order valence-electron chi connectivity index (χ3n) is 3.58. The average molecular weight is 326 g/mol. The summed E-state index contributed by atoms with van der Waals surface area (Å²) in [5.74, 6) is 0.121. The number of piperazine rings is 1. The summed E-state index contributed by atoms with van der Waals surface area (Å²) in [7, 11) is 4.06. The number of carbonyl (C=O) groups excluding carboxylic acids is 1. The van der Waals surface area contributed by atoms with Gasteiger partial charge in [0.05, 0.1) is 0 Å². The molecule has 0 radical (unpaired) electrons. The maximum Gasteiger partial charge on any atom is 0.253 e. The van der Waals surface area contributed by atoms with Gasteiger partial charge in [0.1, 0.15) is 0 Å². The quantitative estimate of drug-likeness (QED) is 0.913. The Hall–Kier alpha value is -0.910. The monoisotopic (exact) mass is 325 g/mol. The molecule has 1 aromatic rings. The molecule has 1 aliphatic heterocycles. The van der Waals surface area contributed by atoms with Crippen LogP contribution in [0.5, 0.6) is 0 Å². The van der Waals surface area contributed by atoms with Gasteiger partial charge in [0.2, 0.25) is 0 Å². The number of hydrogen-bond acceptors (Lipinski definition) is 3. The zero-order valence-electron chi connectivity index (χ0n) is 11.4. The summed E-state index contributed by atoms with van der Waals surface area (Å²) in [6.07, 6.45) is 0. The van der Waals surface area contributed by atoms with Gasteiger partial charge in [-0.05, 0) is 32.3 Å². The van der Waals surface area contributed by atoms with E-state index in [9.17, 15) is 4.79 Å². The number of nitrogens with one attached hydrogen (secondary N) is 1. The highest BCUT2D eigenvalue weighted by atomic mass is 79.9. The van der Waals surface area contributed by atoms with E-state index in [-0.39, 0.29) is 5.91 Å². The van der Waals surface area contributed by atoms with Gasteiger partial charge in [-0.2, -0.15) is 0 Å². The van der Waals surface area contributed by atoms with Crippen LogP contribution in [0.2, 0.25) is 0 Å². The van der Waals surface area contributed by atoms with Crippen LogP contribution in [0.4, 0.5) is 0 Å². The van der Waals surface area contributed by atoms with Crippen LogP contribution in [0, 0.1) is 0 Å². The van der Waals surface area contributed by atoms with Gasteiger partial charge in [-0.25, -0.2) is 0 Å². The fraction of sp³-hybridized carbons (Fsp3) is 0.500. The molecule has 1 N–H and O–H groups in total. The maximum atomic E-state index is 12.5. The summed E-state index contributed by atoms with van der Waals surface area (Å²) in [6.45, 7) is 3.40. The topological polar surface area (TPSA) is 35.6 Å². The molecular weight excluding hydrogens is 306 g/mol. The third-order valence-corrected chi connectivity index (χ3v) is 4.07.